The molecule has 1 aliphatic rings. The molecule has 2 aromatic carbocycles. The summed E-state index contributed by atoms with van der Waals surface area (Å²) >= 11 is 0. The topological polar surface area (TPSA) is 37.0 Å². The molecule has 0 amide bonds. The Morgan fingerprint density at radius 1 is 0.931 bits per heavy atom. The smallest absolute Gasteiger partial charge is 0.422 e. The summed E-state index contributed by atoms with van der Waals surface area (Å²) < 4.78 is 47.6. The first-order chi connectivity index (χ1) is 14.0. The van der Waals surface area contributed by atoms with Crippen molar-refractivity contribution in [3.05, 3.63) is 48.5 Å². The number of piperazine rings is 1. The van der Waals surface area contributed by atoms with Crippen LogP contribution < -0.4 is 19.7 Å². The highest BCUT2D eigenvalue weighted by Gasteiger charge is 2.28. The second-order valence-corrected chi connectivity index (χ2v) is 6.83. The van der Waals surface area contributed by atoms with E-state index in [-0.39, 0.29) is 5.75 Å². The Bertz CT molecular complexity index is 778. The van der Waals surface area contributed by atoms with E-state index < -0.39 is 12.8 Å². The molecule has 0 aliphatic carbocycles. The third-order valence-electron chi connectivity index (χ3n) is 4.82. The number of methoxy groups -OCH3 is 1. The van der Waals surface area contributed by atoms with Crippen LogP contribution in [0.2, 0.25) is 0 Å². The average molecular weight is 409 g/mol. The summed E-state index contributed by atoms with van der Waals surface area (Å²) in [6, 6.07) is 14.7. The summed E-state index contributed by atoms with van der Waals surface area (Å²) in [5, 5.41) is 3.19. The van der Waals surface area contributed by atoms with Gasteiger partial charge in [-0.1, -0.05) is 24.3 Å². The van der Waals surface area contributed by atoms with Gasteiger partial charge < -0.3 is 19.7 Å². The number of alkyl halides is 3. The zero-order chi connectivity index (χ0) is 20.7. The highest BCUT2D eigenvalue weighted by Crippen LogP contribution is 2.28. The first-order valence-electron chi connectivity index (χ1n) is 9.59. The lowest BCUT2D eigenvalue weighted by atomic mass is 10.2. The number of ether oxygens (including phenoxy) is 2. The van der Waals surface area contributed by atoms with Gasteiger partial charge in [-0.3, -0.25) is 4.90 Å². The maximum absolute atomic E-state index is 12.4. The predicted molar refractivity (Wildman–Crippen MR) is 108 cm³/mol. The van der Waals surface area contributed by atoms with Crippen molar-refractivity contribution in [2.24, 2.45) is 0 Å². The van der Waals surface area contributed by atoms with Crippen molar-refractivity contribution in [1.82, 2.24) is 4.90 Å². The van der Waals surface area contributed by atoms with Crippen LogP contribution in [-0.2, 0) is 0 Å². The summed E-state index contributed by atoms with van der Waals surface area (Å²) in [4.78, 5) is 4.64. The van der Waals surface area contributed by atoms with E-state index in [0.29, 0.717) is 12.2 Å². The fraction of sp³-hybridized carbons (Fsp3) is 0.429. The maximum atomic E-state index is 12.4. The first-order valence-corrected chi connectivity index (χ1v) is 9.59. The average Bonchev–Trinajstić information content (AvgIpc) is 2.73. The molecule has 1 fully saturated rings. The molecule has 0 radical (unpaired) electrons. The van der Waals surface area contributed by atoms with E-state index in [1.807, 2.05) is 18.2 Å². The van der Waals surface area contributed by atoms with E-state index in [1.165, 1.54) is 0 Å². The van der Waals surface area contributed by atoms with Gasteiger partial charge in [-0.15, -0.1) is 0 Å². The number of hydrogen-bond donors (Lipinski definition) is 1. The lowest BCUT2D eigenvalue weighted by Gasteiger charge is -2.36. The van der Waals surface area contributed by atoms with Crippen LogP contribution in [0.5, 0.6) is 11.5 Å². The van der Waals surface area contributed by atoms with E-state index in [2.05, 4.69) is 21.2 Å². The molecule has 1 heterocycles. The van der Waals surface area contributed by atoms with Gasteiger partial charge in [0.2, 0.25) is 0 Å². The molecule has 3 rings (SSSR count). The van der Waals surface area contributed by atoms with Gasteiger partial charge in [-0.05, 0) is 24.3 Å². The molecule has 2 aromatic rings. The first kappa shape index (κ1) is 21.1. The lowest BCUT2D eigenvalue weighted by molar-refractivity contribution is -0.153. The van der Waals surface area contributed by atoms with Gasteiger partial charge in [0.15, 0.2) is 6.61 Å². The zero-order valence-corrected chi connectivity index (χ0v) is 16.4. The molecule has 0 saturated carbocycles. The minimum absolute atomic E-state index is 0.214. The molecule has 0 unspecified atom stereocenters. The van der Waals surface area contributed by atoms with Gasteiger partial charge in [0.25, 0.3) is 0 Å². The van der Waals surface area contributed by atoms with Crippen LogP contribution in [0.3, 0.4) is 0 Å². The van der Waals surface area contributed by atoms with Crippen LogP contribution in [0.4, 0.5) is 24.5 Å². The summed E-state index contributed by atoms with van der Waals surface area (Å²) in [6.45, 7) is 3.74. The number of nitrogens with one attached hydrogen (secondary N) is 1. The molecule has 0 bridgehead atoms. The third kappa shape index (κ3) is 6.19. The van der Waals surface area contributed by atoms with Crippen molar-refractivity contribution in [2.45, 2.75) is 6.18 Å². The van der Waals surface area contributed by atoms with E-state index >= 15 is 0 Å². The number of anilines is 2. The van der Waals surface area contributed by atoms with Crippen molar-refractivity contribution in [3.8, 4) is 11.5 Å². The summed E-state index contributed by atoms with van der Waals surface area (Å²) in [7, 11) is 1.68. The molecule has 1 aliphatic heterocycles. The van der Waals surface area contributed by atoms with Gasteiger partial charge in [0, 0.05) is 39.3 Å². The highest BCUT2D eigenvalue weighted by molar-refractivity contribution is 5.58. The molecular weight excluding hydrogens is 383 g/mol. The monoisotopic (exact) mass is 409 g/mol. The normalized spacial score (nSPS) is 15.2. The molecule has 0 atom stereocenters. The standard InChI is InChI=1S/C21H26F3N3O2/c1-28-20-9-5-3-7-18(20)27-14-12-26(13-15-27)11-10-25-17-6-2-4-8-19(17)29-16-21(22,23)24/h2-9,25H,10-16H2,1H3. The summed E-state index contributed by atoms with van der Waals surface area (Å²) in [6.07, 6.45) is -4.35. The van der Waals surface area contributed by atoms with Gasteiger partial charge in [-0.25, -0.2) is 0 Å². The van der Waals surface area contributed by atoms with Crippen LogP contribution in [-0.4, -0.2) is 64.1 Å². The summed E-state index contributed by atoms with van der Waals surface area (Å²) in [5.74, 6) is 1.09. The quantitative estimate of drug-likeness (QED) is 0.717. The zero-order valence-electron chi connectivity index (χ0n) is 16.4. The summed E-state index contributed by atoms with van der Waals surface area (Å²) in [5.41, 5.74) is 1.67. The number of rotatable bonds is 8. The third-order valence-corrected chi connectivity index (χ3v) is 4.82. The molecule has 29 heavy (non-hydrogen) atoms. The Labute approximate surface area is 169 Å². The van der Waals surface area contributed by atoms with E-state index in [4.69, 9.17) is 9.47 Å². The molecule has 0 spiro atoms. The Morgan fingerprint density at radius 3 is 2.28 bits per heavy atom. The van der Waals surface area contributed by atoms with Gasteiger partial charge in [0.1, 0.15) is 11.5 Å². The van der Waals surface area contributed by atoms with Crippen LogP contribution >= 0.6 is 0 Å². The lowest BCUT2D eigenvalue weighted by Crippen LogP contribution is -2.47. The van der Waals surface area contributed by atoms with Crippen molar-refractivity contribution >= 4 is 11.4 Å². The van der Waals surface area contributed by atoms with Gasteiger partial charge >= 0.3 is 6.18 Å². The fourth-order valence-electron chi connectivity index (χ4n) is 3.35. The Morgan fingerprint density at radius 2 is 1.59 bits per heavy atom. The number of hydrogen-bond acceptors (Lipinski definition) is 5. The van der Waals surface area contributed by atoms with E-state index in [1.54, 1.807) is 31.4 Å². The molecule has 1 N–H and O–H groups in total. The Balaban J connectivity index is 1.46. The van der Waals surface area contributed by atoms with E-state index in [9.17, 15) is 13.2 Å². The van der Waals surface area contributed by atoms with Crippen molar-refractivity contribution < 1.29 is 22.6 Å². The second kappa shape index (κ2) is 9.73. The molecule has 0 aromatic heterocycles. The van der Waals surface area contributed by atoms with Crippen LogP contribution in [0.25, 0.3) is 0 Å². The van der Waals surface area contributed by atoms with Crippen molar-refractivity contribution in [3.63, 3.8) is 0 Å². The minimum atomic E-state index is -4.35. The number of halogens is 3. The van der Waals surface area contributed by atoms with Crippen molar-refractivity contribution in [1.29, 1.82) is 0 Å². The molecule has 8 heteroatoms. The molecule has 158 valence electrons. The largest absolute Gasteiger partial charge is 0.495 e. The van der Waals surface area contributed by atoms with Crippen LogP contribution in [0.1, 0.15) is 0 Å². The van der Waals surface area contributed by atoms with Crippen LogP contribution in [0, 0.1) is 0 Å². The minimum Gasteiger partial charge on any atom is -0.495 e. The molecule has 5 nitrogen and oxygen atoms in total. The number of nitrogens with zero attached hydrogens (tertiary/aromatic N) is 2. The predicted octanol–water partition coefficient (Wildman–Crippen LogP) is 3.87. The highest BCUT2D eigenvalue weighted by atomic mass is 19.4. The second-order valence-electron chi connectivity index (χ2n) is 6.83. The maximum Gasteiger partial charge on any atom is 0.422 e. The Kier molecular flexibility index (Phi) is 7.09. The fourth-order valence-corrected chi connectivity index (χ4v) is 3.35. The van der Waals surface area contributed by atoms with Gasteiger partial charge in [-0.2, -0.15) is 13.2 Å². The molecule has 1 saturated heterocycles. The van der Waals surface area contributed by atoms with Crippen molar-refractivity contribution in [2.75, 3.05) is 63.2 Å². The van der Waals surface area contributed by atoms with Crippen LogP contribution in [0.15, 0.2) is 48.5 Å². The number of para-hydroxylation sites is 4. The van der Waals surface area contributed by atoms with E-state index in [0.717, 1.165) is 44.2 Å². The van der Waals surface area contributed by atoms with Gasteiger partial charge in [0.05, 0.1) is 18.5 Å². The Hall–Kier alpha value is -2.61. The molecular formula is C21H26F3N3O2. The SMILES string of the molecule is COc1ccccc1N1CCN(CCNc2ccccc2OCC(F)(F)F)CC1. The number of benzene rings is 2.